The highest BCUT2D eigenvalue weighted by Crippen LogP contribution is 2.33. The molecular weight excluding hydrogens is 297 g/mol. The smallest absolute Gasteiger partial charge is 0.417 e. The van der Waals surface area contributed by atoms with Gasteiger partial charge in [0, 0.05) is 5.69 Å². The van der Waals surface area contributed by atoms with E-state index in [0.717, 1.165) is 12.1 Å². The number of carbonyl (C=O) groups is 1. The third kappa shape index (κ3) is 3.30. The number of nitrogens with two attached hydrogens (primary N) is 1. The summed E-state index contributed by atoms with van der Waals surface area (Å²) in [5.74, 6) is -0.594. The quantitative estimate of drug-likeness (QED) is 0.852. The molecule has 2 aromatic carbocycles. The molecule has 0 heterocycles. The molecule has 0 bridgehead atoms. The van der Waals surface area contributed by atoms with Crippen molar-refractivity contribution in [2.45, 2.75) is 6.18 Å². The first kappa shape index (κ1) is 15.7. The maximum absolute atomic E-state index is 12.9. The van der Waals surface area contributed by atoms with Crippen LogP contribution >= 0.6 is 0 Å². The van der Waals surface area contributed by atoms with Crippen molar-refractivity contribution < 1.29 is 22.7 Å². The topological polar surface area (TPSA) is 64.3 Å². The summed E-state index contributed by atoms with van der Waals surface area (Å²) in [7, 11) is 1.38. The van der Waals surface area contributed by atoms with Gasteiger partial charge in [-0.3, -0.25) is 4.79 Å². The molecule has 0 saturated heterocycles. The summed E-state index contributed by atoms with van der Waals surface area (Å²) in [6, 6.07) is 9.02. The number of hydrogen-bond donors (Lipinski definition) is 2. The van der Waals surface area contributed by atoms with Crippen molar-refractivity contribution >= 4 is 17.3 Å². The number of benzene rings is 2. The fraction of sp³-hybridized carbons (Fsp3) is 0.133. The van der Waals surface area contributed by atoms with Gasteiger partial charge in [-0.25, -0.2) is 0 Å². The number of amides is 1. The fourth-order valence-corrected chi connectivity index (χ4v) is 1.94. The second kappa shape index (κ2) is 5.97. The monoisotopic (exact) mass is 310 g/mol. The number of alkyl halides is 3. The van der Waals surface area contributed by atoms with E-state index in [9.17, 15) is 18.0 Å². The van der Waals surface area contributed by atoms with Crippen molar-refractivity contribution in [1.29, 1.82) is 0 Å². The zero-order valence-electron chi connectivity index (χ0n) is 11.6. The SMILES string of the molecule is COc1ccc(N)cc1NC(=O)c1ccccc1C(F)(F)F. The average molecular weight is 310 g/mol. The van der Waals surface area contributed by atoms with E-state index in [-0.39, 0.29) is 5.69 Å². The first-order chi connectivity index (χ1) is 10.3. The molecule has 4 nitrogen and oxygen atoms in total. The van der Waals surface area contributed by atoms with Crippen LogP contribution in [0.25, 0.3) is 0 Å². The molecule has 0 aliphatic rings. The Labute approximate surface area is 124 Å². The Morgan fingerprint density at radius 2 is 1.86 bits per heavy atom. The fourth-order valence-electron chi connectivity index (χ4n) is 1.94. The highest BCUT2D eigenvalue weighted by Gasteiger charge is 2.34. The van der Waals surface area contributed by atoms with E-state index < -0.39 is 23.2 Å². The van der Waals surface area contributed by atoms with Gasteiger partial charge in [0.2, 0.25) is 0 Å². The molecule has 0 atom stereocenters. The van der Waals surface area contributed by atoms with Gasteiger partial charge in [-0.2, -0.15) is 13.2 Å². The van der Waals surface area contributed by atoms with Gasteiger partial charge >= 0.3 is 6.18 Å². The molecule has 0 aliphatic heterocycles. The van der Waals surface area contributed by atoms with Crippen LogP contribution in [0.2, 0.25) is 0 Å². The van der Waals surface area contributed by atoms with Gasteiger partial charge in [-0.15, -0.1) is 0 Å². The normalized spacial score (nSPS) is 11.1. The van der Waals surface area contributed by atoms with Crippen LogP contribution in [-0.4, -0.2) is 13.0 Å². The number of methoxy groups -OCH3 is 1. The molecule has 22 heavy (non-hydrogen) atoms. The van der Waals surface area contributed by atoms with E-state index in [1.165, 1.54) is 31.4 Å². The van der Waals surface area contributed by atoms with E-state index >= 15 is 0 Å². The highest BCUT2D eigenvalue weighted by atomic mass is 19.4. The van der Waals surface area contributed by atoms with E-state index in [4.69, 9.17) is 10.5 Å². The number of carbonyl (C=O) groups excluding carboxylic acids is 1. The van der Waals surface area contributed by atoms with Crippen LogP contribution in [0.1, 0.15) is 15.9 Å². The number of ether oxygens (including phenoxy) is 1. The molecule has 2 aromatic rings. The highest BCUT2D eigenvalue weighted by molar-refractivity contribution is 6.06. The molecule has 2 rings (SSSR count). The van der Waals surface area contributed by atoms with E-state index in [1.807, 2.05) is 0 Å². The van der Waals surface area contributed by atoms with Gasteiger partial charge in [0.15, 0.2) is 0 Å². The Bertz CT molecular complexity index is 699. The Hall–Kier alpha value is -2.70. The van der Waals surface area contributed by atoms with Crippen LogP contribution in [0.5, 0.6) is 5.75 Å². The predicted molar refractivity (Wildman–Crippen MR) is 76.8 cm³/mol. The van der Waals surface area contributed by atoms with Crippen molar-refractivity contribution in [2.75, 3.05) is 18.2 Å². The van der Waals surface area contributed by atoms with E-state index in [1.54, 1.807) is 6.07 Å². The lowest BCUT2D eigenvalue weighted by molar-refractivity contribution is -0.137. The number of halogens is 3. The lowest BCUT2D eigenvalue weighted by Crippen LogP contribution is -2.19. The predicted octanol–water partition coefficient (Wildman–Crippen LogP) is 3.55. The largest absolute Gasteiger partial charge is 0.495 e. The molecule has 116 valence electrons. The van der Waals surface area contributed by atoms with Crippen molar-refractivity contribution in [3.8, 4) is 5.75 Å². The van der Waals surface area contributed by atoms with Gasteiger partial charge in [-0.1, -0.05) is 12.1 Å². The lowest BCUT2D eigenvalue weighted by atomic mass is 10.1. The van der Waals surface area contributed by atoms with Crippen molar-refractivity contribution in [3.05, 3.63) is 53.6 Å². The summed E-state index contributed by atoms with van der Waals surface area (Å²) >= 11 is 0. The van der Waals surface area contributed by atoms with Gasteiger partial charge in [0.1, 0.15) is 5.75 Å². The molecule has 0 saturated carbocycles. The first-order valence-corrected chi connectivity index (χ1v) is 6.24. The summed E-state index contributed by atoms with van der Waals surface area (Å²) in [5, 5.41) is 2.39. The maximum atomic E-state index is 12.9. The number of rotatable bonds is 3. The van der Waals surface area contributed by atoms with Crippen molar-refractivity contribution in [1.82, 2.24) is 0 Å². The molecule has 1 amide bonds. The van der Waals surface area contributed by atoms with Crippen molar-refractivity contribution in [2.24, 2.45) is 0 Å². The Kier molecular flexibility index (Phi) is 4.25. The van der Waals surface area contributed by atoms with Crippen LogP contribution in [-0.2, 0) is 6.18 Å². The standard InChI is InChI=1S/C15H13F3N2O2/c1-22-13-7-6-9(19)8-12(13)20-14(21)10-4-2-3-5-11(10)15(16,17)18/h2-8H,19H2,1H3,(H,20,21). The van der Waals surface area contributed by atoms with Crippen LogP contribution in [0.4, 0.5) is 24.5 Å². The number of nitrogen functional groups attached to an aromatic ring is 1. The van der Waals surface area contributed by atoms with Gasteiger partial charge in [-0.05, 0) is 30.3 Å². The first-order valence-electron chi connectivity index (χ1n) is 6.24. The molecule has 0 aromatic heterocycles. The third-order valence-electron chi connectivity index (χ3n) is 2.95. The summed E-state index contributed by atoms with van der Waals surface area (Å²) in [5.41, 5.74) is 4.68. The molecule has 0 aliphatic carbocycles. The third-order valence-corrected chi connectivity index (χ3v) is 2.95. The van der Waals surface area contributed by atoms with Gasteiger partial charge < -0.3 is 15.8 Å². The molecule has 3 N–H and O–H groups in total. The summed E-state index contributed by atoms with van der Waals surface area (Å²) < 4.78 is 43.8. The molecule has 0 unspecified atom stereocenters. The Morgan fingerprint density at radius 1 is 1.18 bits per heavy atom. The Balaban J connectivity index is 2.37. The minimum atomic E-state index is -4.62. The van der Waals surface area contributed by atoms with Crippen molar-refractivity contribution in [3.63, 3.8) is 0 Å². The minimum Gasteiger partial charge on any atom is -0.495 e. The summed E-state index contributed by atoms with van der Waals surface area (Å²) in [6.07, 6.45) is -4.62. The summed E-state index contributed by atoms with van der Waals surface area (Å²) in [6.45, 7) is 0. The van der Waals surface area contributed by atoms with E-state index in [0.29, 0.717) is 11.4 Å². The second-order valence-electron chi connectivity index (χ2n) is 4.46. The molecule has 0 radical (unpaired) electrons. The zero-order valence-corrected chi connectivity index (χ0v) is 11.6. The molecule has 0 spiro atoms. The number of anilines is 2. The van der Waals surface area contributed by atoms with Crippen LogP contribution in [0.3, 0.4) is 0 Å². The average Bonchev–Trinajstić information content (AvgIpc) is 2.46. The molecular formula is C15H13F3N2O2. The Morgan fingerprint density at radius 3 is 2.50 bits per heavy atom. The maximum Gasteiger partial charge on any atom is 0.417 e. The van der Waals surface area contributed by atoms with Gasteiger partial charge in [0.05, 0.1) is 23.9 Å². The number of hydrogen-bond acceptors (Lipinski definition) is 3. The number of nitrogens with one attached hydrogen (secondary N) is 1. The van der Waals surface area contributed by atoms with Gasteiger partial charge in [0.25, 0.3) is 5.91 Å². The lowest BCUT2D eigenvalue weighted by Gasteiger charge is -2.14. The zero-order chi connectivity index (χ0) is 16.3. The summed E-state index contributed by atoms with van der Waals surface area (Å²) in [4.78, 5) is 12.2. The van der Waals surface area contributed by atoms with E-state index in [2.05, 4.69) is 5.32 Å². The minimum absolute atomic E-state index is 0.199. The van der Waals surface area contributed by atoms with Crippen LogP contribution in [0.15, 0.2) is 42.5 Å². The van der Waals surface area contributed by atoms with Crippen LogP contribution in [0, 0.1) is 0 Å². The van der Waals surface area contributed by atoms with Crippen LogP contribution < -0.4 is 15.8 Å². The second-order valence-corrected chi connectivity index (χ2v) is 4.46. The molecule has 7 heteroatoms. The molecule has 0 fully saturated rings.